The van der Waals surface area contributed by atoms with Crippen molar-refractivity contribution in [3.05, 3.63) is 64.3 Å². The zero-order valence-electron chi connectivity index (χ0n) is 11.9. The highest BCUT2D eigenvalue weighted by atomic mass is 35.5. The molecule has 0 aliphatic rings. The molecule has 5 nitrogen and oxygen atoms in total. The molecule has 0 fully saturated rings. The Labute approximate surface area is 128 Å². The second-order valence-corrected chi connectivity index (χ2v) is 4.91. The highest BCUT2D eigenvalue weighted by Crippen LogP contribution is 2.14. The van der Waals surface area contributed by atoms with Crippen molar-refractivity contribution in [1.82, 2.24) is 14.2 Å². The number of hydrogen-bond donors (Lipinski definition) is 1. The van der Waals surface area contributed by atoms with Gasteiger partial charge in [0.05, 0.1) is 11.7 Å². The van der Waals surface area contributed by atoms with Gasteiger partial charge in [-0.15, -0.1) is 12.4 Å². The zero-order valence-corrected chi connectivity index (χ0v) is 12.7. The first-order chi connectivity index (χ1) is 9.59. The maximum Gasteiger partial charge on any atom is 0.282 e. The summed E-state index contributed by atoms with van der Waals surface area (Å²) in [5.74, 6) is 0.546. The standard InChI is InChI=1S/C15H16N4O.ClH/c1-10-8-9-18-13(10)15(20)19(14(17-18)11(2)16)12-6-4-3-5-7-12;/h3-9,11H,16H2,1-2H3;1H/t11-;/m0./s1. The van der Waals surface area contributed by atoms with Gasteiger partial charge in [0.15, 0.2) is 5.82 Å². The Bertz CT molecular complexity index is 821. The SMILES string of the molecule is Cc1ccn2nc([C@H](C)N)n(-c3ccccc3)c(=O)c12.Cl. The Morgan fingerprint density at radius 1 is 1.19 bits per heavy atom. The van der Waals surface area contributed by atoms with Crippen molar-refractivity contribution in [2.24, 2.45) is 5.73 Å². The van der Waals surface area contributed by atoms with E-state index in [0.29, 0.717) is 11.3 Å². The normalized spacial score (nSPS) is 12.1. The lowest BCUT2D eigenvalue weighted by atomic mass is 10.2. The van der Waals surface area contributed by atoms with Crippen LogP contribution in [-0.2, 0) is 0 Å². The molecule has 0 spiro atoms. The summed E-state index contributed by atoms with van der Waals surface area (Å²) in [6, 6.07) is 11.0. The third-order valence-corrected chi connectivity index (χ3v) is 3.33. The second-order valence-electron chi connectivity index (χ2n) is 4.91. The Balaban J connectivity index is 0.00000161. The number of halogens is 1. The predicted octanol–water partition coefficient (Wildman–Crippen LogP) is 2.24. The number of fused-ring (bicyclic) bond motifs is 1. The summed E-state index contributed by atoms with van der Waals surface area (Å²) < 4.78 is 3.20. The molecule has 1 atom stereocenters. The maximum absolute atomic E-state index is 12.8. The number of benzene rings is 1. The van der Waals surface area contributed by atoms with Crippen LogP contribution >= 0.6 is 12.4 Å². The molecule has 0 aliphatic carbocycles. The molecule has 0 unspecified atom stereocenters. The number of hydrogen-bond acceptors (Lipinski definition) is 3. The number of nitrogens with zero attached hydrogens (tertiary/aromatic N) is 3. The average Bonchev–Trinajstić information content (AvgIpc) is 2.81. The fourth-order valence-corrected chi connectivity index (χ4v) is 2.35. The maximum atomic E-state index is 12.8. The van der Waals surface area contributed by atoms with E-state index in [1.54, 1.807) is 15.3 Å². The van der Waals surface area contributed by atoms with E-state index in [-0.39, 0.29) is 24.0 Å². The monoisotopic (exact) mass is 304 g/mol. The van der Waals surface area contributed by atoms with Crippen LogP contribution in [0.4, 0.5) is 0 Å². The number of aromatic nitrogens is 3. The van der Waals surface area contributed by atoms with Crippen LogP contribution in [0, 0.1) is 6.92 Å². The third kappa shape index (κ3) is 2.46. The summed E-state index contributed by atoms with van der Waals surface area (Å²) >= 11 is 0. The van der Waals surface area contributed by atoms with E-state index in [4.69, 9.17) is 5.73 Å². The van der Waals surface area contributed by atoms with Gasteiger partial charge in [0, 0.05) is 6.20 Å². The molecule has 0 radical (unpaired) electrons. The summed E-state index contributed by atoms with van der Waals surface area (Å²) in [6.07, 6.45) is 1.78. The van der Waals surface area contributed by atoms with Crippen molar-refractivity contribution in [3.8, 4) is 5.69 Å². The molecule has 0 bridgehead atoms. The largest absolute Gasteiger partial charge is 0.322 e. The lowest BCUT2D eigenvalue weighted by Crippen LogP contribution is -2.29. The van der Waals surface area contributed by atoms with Gasteiger partial charge in [0.25, 0.3) is 5.56 Å². The van der Waals surface area contributed by atoms with Crippen molar-refractivity contribution >= 4 is 17.9 Å². The van der Waals surface area contributed by atoms with E-state index >= 15 is 0 Å². The van der Waals surface area contributed by atoms with Crippen LogP contribution in [0.5, 0.6) is 0 Å². The van der Waals surface area contributed by atoms with Crippen molar-refractivity contribution < 1.29 is 0 Å². The van der Waals surface area contributed by atoms with Crippen molar-refractivity contribution in [2.45, 2.75) is 19.9 Å². The molecule has 1 aromatic carbocycles. The number of aryl methyl sites for hydroxylation is 1. The van der Waals surface area contributed by atoms with Gasteiger partial charge < -0.3 is 5.73 Å². The minimum absolute atomic E-state index is 0. The van der Waals surface area contributed by atoms with E-state index < -0.39 is 0 Å². The van der Waals surface area contributed by atoms with Crippen LogP contribution in [0.1, 0.15) is 24.4 Å². The Morgan fingerprint density at radius 3 is 2.48 bits per heavy atom. The molecule has 2 N–H and O–H groups in total. The van der Waals surface area contributed by atoms with Gasteiger partial charge >= 0.3 is 0 Å². The summed E-state index contributed by atoms with van der Waals surface area (Å²) in [6.45, 7) is 3.72. The number of nitrogens with two attached hydrogens (primary N) is 1. The van der Waals surface area contributed by atoms with Crippen LogP contribution in [0.15, 0.2) is 47.4 Å². The van der Waals surface area contributed by atoms with Gasteiger partial charge in [-0.05, 0) is 37.6 Å². The van der Waals surface area contributed by atoms with Gasteiger partial charge in [0.2, 0.25) is 0 Å². The van der Waals surface area contributed by atoms with Gasteiger partial charge in [-0.3, -0.25) is 9.36 Å². The molecule has 6 heteroatoms. The highest BCUT2D eigenvalue weighted by molar-refractivity contribution is 5.85. The summed E-state index contributed by atoms with van der Waals surface area (Å²) in [5, 5.41) is 4.49. The van der Waals surface area contributed by atoms with Crippen molar-refractivity contribution in [1.29, 1.82) is 0 Å². The van der Waals surface area contributed by atoms with Gasteiger partial charge in [-0.25, -0.2) is 4.52 Å². The van der Waals surface area contributed by atoms with E-state index in [1.165, 1.54) is 0 Å². The first-order valence-electron chi connectivity index (χ1n) is 6.51. The quantitative estimate of drug-likeness (QED) is 0.789. The van der Waals surface area contributed by atoms with Gasteiger partial charge in [-0.2, -0.15) is 5.10 Å². The zero-order chi connectivity index (χ0) is 14.3. The second kappa shape index (κ2) is 5.71. The Morgan fingerprint density at radius 2 is 1.86 bits per heavy atom. The fraction of sp³-hybridized carbons (Fsp3) is 0.200. The topological polar surface area (TPSA) is 65.3 Å². The molecule has 0 aliphatic heterocycles. The molecule has 2 aromatic heterocycles. The average molecular weight is 305 g/mol. The van der Waals surface area contributed by atoms with E-state index in [9.17, 15) is 4.79 Å². The fourth-order valence-electron chi connectivity index (χ4n) is 2.35. The molecule has 0 amide bonds. The molecule has 3 aromatic rings. The third-order valence-electron chi connectivity index (χ3n) is 3.33. The highest BCUT2D eigenvalue weighted by Gasteiger charge is 2.16. The number of para-hydroxylation sites is 1. The van der Waals surface area contributed by atoms with Crippen molar-refractivity contribution in [3.63, 3.8) is 0 Å². The molecule has 110 valence electrons. The first-order valence-corrected chi connectivity index (χ1v) is 6.51. The molecule has 0 saturated heterocycles. The molecule has 2 heterocycles. The van der Waals surface area contributed by atoms with Crippen LogP contribution in [0.2, 0.25) is 0 Å². The first kappa shape index (κ1) is 15.3. The lowest BCUT2D eigenvalue weighted by Gasteiger charge is -2.15. The summed E-state index contributed by atoms with van der Waals surface area (Å²) in [7, 11) is 0. The smallest absolute Gasteiger partial charge is 0.282 e. The van der Waals surface area contributed by atoms with Crippen LogP contribution < -0.4 is 11.3 Å². The van der Waals surface area contributed by atoms with Crippen LogP contribution in [0.25, 0.3) is 11.2 Å². The summed E-state index contributed by atoms with van der Waals surface area (Å²) in [4.78, 5) is 12.8. The van der Waals surface area contributed by atoms with Crippen molar-refractivity contribution in [2.75, 3.05) is 0 Å². The Kier molecular flexibility index (Phi) is 4.16. The molecular weight excluding hydrogens is 288 g/mol. The van der Waals surface area contributed by atoms with E-state index in [0.717, 1.165) is 11.3 Å². The molecule has 0 saturated carbocycles. The minimum atomic E-state index is -0.338. The van der Waals surface area contributed by atoms with Crippen LogP contribution in [0.3, 0.4) is 0 Å². The molecular formula is C15H17ClN4O. The Hall–Kier alpha value is -2.11. The number of rotatable bonds is 2. The van der Waals surface area contributed by atoms with E-state index in [2.05, 4.69) is 5.10 Å². The molecule has 3 rings (SSSR count). The lowest BCUT2D eigenvalue weighted by molar-refractivity contribution is 0.647. The van der Waals surface area contributed by atoms with E-state index in [1.807, 2.05) is 50.2 Å². The molecule has 21 heavy (non-hydrogen) atoms. The van der Waals surface area contributed by atoms with Crippen LogP contribution in [-0.4, -0.2) is 14.2 Å². The van der Waals surface area contributed by atoms with Gasteiger partial charge in [0.1, 0.15) is 5.52 Å². The predicted molar refractivity (Wildman–Crippen MR) is 85.4 cm³/mol. The van der Waals surface area contributed by atoms with Gasteiger partial charge in [-0.1, -0.05) is 18.2 Å². The minimum Gasteiger partial charge on any atom is -0.322 e. The summed E-state index contributed by atoms with van der Waals surface area (Å²) in [5.41, 5.74) is 8.15.